The highest BCUT2D eigenvalue weighted by Gasteiger charge is 2.13. The van der Waals surface area contributed by atoms with Gasteiger partial charge in [0.15, 0.2) is 5.82 Å². The number of methoxy groups -OCH3 is 2. The third kappa shape index (κ3) is 2.45. The van der Waals surface area contributed by atoms with Crippen molar-refractivity contribution in [2.75, 3.05) is 20.0 Å². The largest absolute Gasteiger partial charge is 0.496 e. The smallest absolute Gasteiger partial charge is 0.163 e. The minimum Gasteiger partial charge on any atom is -0.496 e. The average Bonchev–Trinajstić information content (AvgIpc) is 2.41. The number of hydrogen-bond acceptors (Lipinski definition) is 5. The molecule has 0 amide bonds. The molecule has 0 bridgehead atoms. The molecule has 0 fully saturated rings. The van der Waals surface area contributed by atoms with Gasteiger partial charge in [0.05, 0.1) is 37.4 Å². The molecule has 0 atom stereocenters. The molecule has 0 radical (unpaired) electrons. The standard InChI is InChI=1S/C14H17N3O2/c1-8-5-13(19-4)10(6-12(8)18-3)14-16-7-11(15)9(2)17-14/h5-7H,15H2,1-4H3. The maximum absolute atomic E-state index is 5.74. The van der Waals surface area contributed by atoms with Crippen LogP contribution in [0.15, 0.2) is 18.3 Å². The van der Waals surface area contributed by atoms with Gasteiger partial charge in [0.2, 0.25) is 0 Å². The molecule has 2 aromatic rings. The van der Waals surface area contributed by atoms with E-state index in [1.807, 2.05) is 26.0 Å². The maximum atomic E-state index is 5.74. The van der Waals surface area contributed by atoms with E-state index in [-0.39, 0.29) is 0 Å². The Kier molecular flexibility index (Phi) is 3.55. The number of anilines is 1. The molecule has 0 spiro atoms. The lowest BCUT2D eigenvalue weighted by atomic mass is 10.1. The van der Waals surface area contributed by atoms with Crippen molar-refractivity contribution < 1.29 is 9.47 Å². The first-order valence-electron chi connectivity index (χ1n) is 5.89. The number of benzene rings is 1. The van der Waals surface area contributed by atoms with Crippen LogP contribution in [0.4, 0.5) is 5.69 Å². The van der Waals surface area contributed by atoms with Crippen LogP contribution >= 0.6 is 0 Å². The van der Waals surface area contributed by atoms with Crippen LogP contribution in [0.3, 0.4) is 0 Å². The molecular weight excluding hydrogens is 242 g/mol. The normalized spacial score (nSPS) is 10.3. The van der Waals surface area contributed by atoms with Crippen molar-refractivity contribution in [3.05, 3.63) is 29.6 Å². The number of rotatable bonds is 3. The number of nitrogens with two attached hydrogens (primary N) is 1. The molecule has 0 aliphatic carbocycles. The summed E-state index contributed by atoms with van der Waals surface area (Å²) >= 11 is 0. The molecule has 100 valence electrons. The lowest BCUT2D eigenvalue weighted by Crippen LogP contribution is -2.00. The zero-order valence-electron chi connectivity index (χ0n) is 11.5. The molecule has 0 saturated carbocycles. The van der Waals surface area contributed by atoms with Gasteiger partial charge in [-0.3, -0.25) is 0 Å². The van der Waals surface area contributed by atoms with Crippen LogP contribution in [-0.4, -0.2) is 24.2 Å². The van der Waals surface area contributed by atoms with E-state index in [2.05, 4.69) is 9.97 Å². The second-order valence-electron chi connectivity index (χ2n) is 4.26. The number of ether oxygens (including phenoxy) is 2. The second kappa shape index (κ2) is 5.14. The summed E-state index contributed by atoms with van der Waals surface area (Å²) in [5.74, 6) is 2.05. The maximum Gasteiger partial charge on any atom is 0.163 e. The van der Waals surface area contributed by atoms with E-state index in [4.69, 9.17) is 15.2 Å². The first-order chi connectivity index (χ1) is 9.06. The van der Waals surface area contributed by atoms with Crippen LogP contribution in [0, 0.1) is 13.8 Å². The van der Waals surface area contributed by atoms with Crippen LogP contribution in [0.1, 0.15) is 11.3 Å². The fourth-order valence-electron chi connectivity index (χ4n) is 1.83. The number of nitrogen functional groups attached to an aromatic ring is 1. The summed E-state index contributed by atoms with van der Waals surface area (Å²) in [6.07, 6.45) is 1.60. The second-order valence-corrected chi connectivity index (χ2v) is 4.26. The molecule has 0 aliphatic rings. The SMILES string of the molecule is COc1cc(-c2ncc(N)c(C)n2)c(OC)cc1C. The van der Waals surface area contributed by atoms with E-state index in [1.54, 1.807) is 20.4 Å². The van der Waals surface area contributed by atoms with Crippen molar-refractivity contribution in [1.82, 2.24) is 9.97 Å². The lowest BCUT2D eigenvalue weighted by molar-refractivity contribution is 0.401. The molecule has 1 heterocycles. The van der Waals surface area contributed by atoms with Crippen LogP contribution in [-0.2, 0) is 0 Å². The summed E-state index contributed by atoms with van der Waals surface area (Å²) in [6.45, 7) is 3.80. The van der Waals surface area contributed by atoms with Crippen molar-refractivity contribution in [3.63, 3.8) is 0 Å². The molecule has 1 aromatic carbocycles. The van der Waals surface area contributed by atoms with Gasteiger partial charge in [-0.15, -0.1) is 0 Å². The van der Waals surface area contributed by atoms with Gasteiger partial charge < -0.3 is 15.2 Å². The predicted octanol–water partition coefficient (Wildman–Crippen LogP) is 2.36. The van der Waals surface area contributed by atoms with E-state index in [1.165, 1.54) is 0 Å². The third-order valence-corrected chi connectivity index (χ3v) is 2.98. The van der Waals surface area contributed by atoms with Crippen molar-refractivity contribution in [2.24, 2.45) is 0 Å². The monoisotopic (exact) mass is 259 g/mol. The molecule has 0 aliphatic heterocycles. The zero-order chi connectivity index (χ0) is 14.0. The third-order valence-electron chi connectivity index (χ3n) is 2.98. The van der Waals surface area contributed by atoms with Crippen LogP contribution in [0.5, 0.6) is 11.5 Å². The molecule has 2 N–H and O–H groups in total. The Balaban J connectivity index is 2.62. The van der Waals surface area contributed by atoms with Crippen molar-refractivity contribution in [2.45, 2.75) is 13.8 Å². The molecule has 5 nitrogen and oxygen atoms in total. The van der Waals surface area contributed by atoms with Gasteiger partial charge in [0.25, 0.3) is 0 Å². The Morgan fingerprint density at radius 3 is 2.32 bits per heavy atom. The van der Waals surface area contributed by atoms with Crippen LogP contribution < -0.4 is 15.2 Å². The summed E-state index contributed by atoms with van der Waals surface area (Å²) in [7, 11) is 3.25. The molecule has 2 rings (SSSR count). The first-order valence-corrected chi connectivity index (χ1v) is 5.89. The van der Waals surface area contributed by atoms with Gasteiger partial charge in [0, 0.05) is 0 Å². The minimum absolute atomic E-state index is 0.571. The van der Waals surface area contributed by atoms with Crippen molar-refractivity contribution >= 4 is 5.69 Å². The van der Waals surface area contributed by atoms with Crippen molar-refractivity contribution in [1.29, 1.82) is 0 Å². The Morgan fingerprint density at radius 2 is 1.74 bits per heavy atom. The van der Waals surface area contributed by atoms with Gasteiger partial charge in [-0.1, -0.05) is 0 Å². The highest BCUT2D eigenvalue weighted by molar-refractivity contribution is 5.68. The highest BCUT2D eigenvalue weighted by Crippen LogP contribution is 2.34. The fourth-order valence-corrected chi connectivity index (χ4v) is 1.83. The van der Waals surface area contributed by atoms with E-state index < -0.39 is 0 Å². The molecule has 5 heteroatoms. The van der Waals surface area contributed by atoms with E-state index in [0.29, 0.717) is 17.3 Å². The Labute approximate surface area is 112 Å². The first kappa shape index (κ1) is 13.1. The molecule has 1 aromatic heterocycles. The lowest BCUT2D eigenvalue weighted by Gasteiger charge is -2.12. The highest BCUT2D eigenvalue weighted by atomic mass is 16.5. The average molecular weight is 259 g/mol. The van der Waals surface area contributed by atoms with Gasteiger partial charge in [-0.25, -0.2) is 9.97 Å². The van der Waals surface area contributed by atoms with E-state index in [9.17, 15) is 0 Å². The number of hydrogen-bond donors (Lipinski definition) is 1. The Bertz CT molecular complexity index is 612. The van der Waals surface area contributed by atoms with E-state index >= 15 is 0 Å². The Morgan fingerprint density at radius 1 is 1.05 bits per heavy atom. The van der Waals surface area contributed by atoms with Gasteiger partial charge in [-0.05, 0) is 31.5 Å². The summed E-state index contributed by atoms with van der Waals surface area (Å²) in [5.41, 5.74) is 8.83. The summed E-state index contributed by atoms with van der Waals surface area (Å²) in [6, 6.07) is 3.78. The zero-order valence-corrected chi connectivity index (χ0v) is 11.5. The van der Waals surface area contributed by atoms with E-state index in [0.717, 1.165) is 22.6 Å². The molecule has 19 heavy (non-hydrogen) atoms. The fraction of sp³-hybridized carbons (Fsp3) is 0.286. The van der Waals surface area contributed by atoms with Crippen molar-refractivity contribution in [3.8, 4) is 22.9 Å². The molecular formula is C14H17N3O2. The van der Waals surface area contributed by atoms with Crippen LogP contribution in [0.25, 0.3) is 11.4 Å². The van der Waals surface area contributed by atoms with Gasteiger partial charge in [-0.2, -0.15) is 0 Å². The minimum atomic E-state index is 0.571. The van der Waals surface area contributed by atoms with Crippen LogP contribution in [0.2, 0.25) is 0 Å². The van der Waals surface area contributed by atoms with Gasteiger partial charge in [0.1, 0.15) is 11.5 Å². The number of aryl methyl sites for hydroxylation is 2. The molecule has 0 saturated heterocycles. The molecule has 0 unspecified atom stereocenters. The van der Waals surface area contributed by atoms with Gasteiger partial charge >= 0.3 is 0 Å². The summed E-state index contributed by atoms with van der Waals surface area (Å²) in [4.78, 5) is 8.64. The number of nitrogens with zero attached hydrogens (tertiary/aromatic N) is 2. The predicted molar refractivity (Wildman–Crippen MR) is 74.5 cm³/mol. The Hall–Kier alpha value is -2.30. The topological polar surface area (TPSA) is 70.3 Å². The number of aromatic nitrogens is 2. The summed E-state index contributed by atoms with van der Waals surface area (Å²) in [5, 5.41) is 0. The summed E-state index contributed by atoms with van der Waals surface area (Å²) < 4.78 is 10.7. The quantitative estimate of drug-likeness (QED) is 0.916.